The van der Waals surface area contributed by atoms with Gasteiger partial charge in [0.2, 0.25) is 0 Å². The van der Waals surface area contributed by atoms with Crippen LogP contribution in [0.15, 0.2) is 77.7 Å². The lowest BCUT2D eigenvalue weighted by atomic mass is 10.1. The van der Waals surface area contributed by atoms with Gasteiger partial charge in [-0.2, -0.15) is 8.42 Å². The fourth-order valence-electron chi connectivity index (χ4n) is 2.95. The first-order valence-corrected chi connectivity index (χ1v) is 11.0. The molecule has 0 spiro atoms. The molecule has 0 saturated heterocycles. The summed E-state index contributed by atoms with van der Waals surface area (Å²) in [5, 5.41) is 0. The van der Waals surface area contributed by atoms with Crippen LogP contribution in [0, 0.1) is 11.6 Å². The Labute approximate surface area is 185 Å². The first-order valence-electron chi connectivity index (χ1n) is 9.62. The van der Waals surface area contributed by atoms with Crippen LogP contribution in [0.4, 0.5) is 8.78 Å². The van der Waals surface area contributed by atoms with Crippen molar-refractivity contribution in [2.75, 3.05) is 20.3 Å². The van der Waals surface area contributed by atoms with E-state index in [0.29, 0.717) is 5.56 Å². The van der Waals surface area contributed by atoms with Crippen molar-refractivity contribution >= 4 is 16.0 Å². The molecule has 9 heteroatoms. The van der Waals surface area contributed by atoms with Crippen LogP contribution in [0.3, 0.4) is 0 Å². The molecule has 0 N–H and O–H groups in total. The zero-order chi connectivity index (χ0) is 23.1. The number of ether oxygens (including phenoxy) is 1. The molecule has 168 valence electrons. The molecule has 0 saturated carbocycles. The van der Waals surface area contributed by atoms with Crippen LogP contribution in [0.1, 0.15) is 15.9 Å². The number of para-hydroxylation sites is 1. The lowest BCUT2D eigenvalue weighted by molar-refractivity contribution is 0.0675. The number of halogens is 2. The molecule has 32 heavy (non-hydrogen) atoms. The van der Waals surface area contributed by atoms with Crippen molar-refractivity contribution in [3.63, 3.8) is 0 Å². The lowest BCUT2D eigenvalue weighted by Crippen LogP contribution is -2.34. The summed E-state index contributed by atoms with van der Waals surface area (Å²) in [6, 6.07) is 16.1. The topological polar surface area (TPSA) is 72.9 Å². The van der Waals surface area contributed by atoms with E-state index < -0.39 is 27.7 Å². The Kier molecular flexibility index (Phi) is 7.55. The second-order valence-corrected chi connectivity index (χ2v) is 8.34. The maximum absolute atomic E-state index is 14.2. The van der Waals surface area contributed by atoms with E-state index in [0.717, 1.165) is 24.3 Å². The van der Waals surface area contributed by atoms with Gasteiger partial charge < -0.3 is 13.8 Å². The van der Waals surface area contributed by atoms with E-state index in [2.05, 4.69) is 0 Å². The van der Waals surface area contributed by atoms with Gasteiger partial charge in [-0.05, 0) is 42.5 Å². The summed E-state index contributed by atoms with van der Waals surface area (Å²) in [6.45, 7) is 0.283. The van der Waals surface area contributed by atoms with Gasteiger partial charge in [-0.1, -0.05) is 30.3 Å². The average molecular weight is 461 g/mol. The van der Waals surface area contributed by atoms with Gasteiger partial charge in [-0.25, -0.2) is 8.78 Å². The molecule has 3 aromatic rings. The first-order chi connectivity index (χ1) is 15.3. The highest BCUT2D eigenvalue weighted by atomic mass is 32.2. The molecule has 0 heterocycles. The highest BCUT2D eigenvalue weighted by Gasteiger charge is 2.23. The summed E-state index contributed by atoms with van der Waals surface area (Å²) in [5.41, 5.74) is 0.278. The van der Waals surface area contributed by atoms with Gasteiger partial charge in [0.1, 0.15) is 22.3 Å². The summed E-state index contributed by atoms with van der Waals surface area (Å²) in [6.07, 6.45) is 0. The summed E-state index contributed by atoms with van der Waals surface area (Å²) >= 11 is 0. The highest BCUT2D eigenvalue weighted by molar-refractivity contribution is 7.87. The fraction of sp³-hybridized carbons (Fsp3) is 0.174. The minimum absolute atomic E-state index is 0.000533. The van der Waals surface area contributed by atoms with Crippen LogP contribution < -0.4 is 4.18 Å². The first kappa shape index (κ1) is 23.4. The molecule has 0 bridgehead atoms. The molecule has 0 aromatic heterocycles. The number of methoxy groups -OCH3 is 1. The molecule has 0 aliphatic rings. The van der Waals surface area contributed by atoms with Gasteiger partial charge in [-0.15, -0.1) is 0 Å². The van der Waals surface area contributed by atoms with Crippen LogP contribution in [0.5, 0.6) is 5.75 Å². The minimum Gasteiger partial charge on any atom is -0.383 e. The number of benzene rings is 3. The van der Waals surface area contributed by atoms with Crippen molar-refractivity contribution in [1.82, 2.24) is 4.90 Å². The van der Waals surface area contributed by atoms with E-state index in [1.807, 2.05) is 0 Å². The van der Waals surface area contributed by atoms with Crippen molar-refractivity contribution in [3.05, 3.63) is 95.6 Å². The lowest BCUT2D eigenvalue weighted by Gasteiger charge is -2.24. The van der Waals surface area contributed by atoms with Crippen molar-refractivity contribution < 1.29 is 30.9 Å². The Morgan fingerprint density at radius 1 is 0.938 bits per heavy atom. The van der Waals surface area contributed by atoms with Crippen molar-refractivity contribution in [1.29, 1.82) is 0 Å². The molecule has 1 amide bonds. The maximum Gasteiger partial charge on any atom is 0.339 e. The third-order valence-electron chi connectivity index (χ3n) is 4.59. The molecule has 6 nitrogen and oxygen atoms in total. The summed E-state index contributed by atoms with van der Waals surface area (Å²) < 4.78 is 62.9. The molecule has 0 aliphatic heterocycles. The van der Waals surface area contributed by atoms with Crippen LogP contribution >= 0.6 is 0 Å². The maximum atomic E-state index is 14.2. The Hall–Kier alpha value is -3.30. The van der Waals surface area contributed by atoms with Gasteiger partial charge in [-0.3, -0.25) is 4.79 Å². The largest absolute Gasteiger partial charge is 0.383 e. The van der Waals surface area contributed by atoms with Gasteiger partial charge in [0.05, 0.1) is 12.2 Å². The van der Waals surface area contributed by atoms with E-state index in [-0.39, 0.29) is 35.9 Å². The monoisotopic (exact) mass is 461 g/mol. The molecule has 0 unspecified atom stereocenters. The van der Waals surface area contributed by atoms with E-state index >= 15 is 0 Å². The van der Waals surface area contributed by atoms with Gasteiger partial charge in [0.25, 0.3) is 5.91 Å². The molecule has 3 rings (SSSR count). The number of rotatable bonds is 9. The SMILES string of the molecule is COCCN(Cc1ccccc1OS(=O)(=O)c1ccc(F)cc1)C(=O)c1ccccc1F. The molecule has 0 radical (unpaired) electrons. The summed E-state index contributed by atoms with van der Waals surface area (Å²) in [4.78, 5) is 14.1. The third kappa shape index (κ3) is 5.68. The minimum atomic E-state index is -4.24. The van der Waals surface area contributed by atoms with Gasteiger partial charge in [0.15, 0.2) is 0 Å². The summed E-state index contributed by atoms with van der Waals surface area (Å²) in [7, 11) is -2.77. The van der Waals surface area contributed by atoms with E-state index in [4.69, 9.17) is 8.92 Å². The third-order valence-corrected chi connectivity index (χ3v) is 5.84. The zero-order valence-electron chi connectivity index (χ0n) is 17.2. The molecular weight excluding hydrogens is 440 g/mol. The number of carbonyl (C=O) groups excluding carboxylic acids is 1. The van der Waals surface area contributed by atoms with Crippen LogP contribution in [-0.4, -0.2) is 39.5 Å². The summed E-state index contributed by atoms with van der Waals surface area (Å²) in [5.74, 6) is -1.81. The molecular formula is C23H21F2NO5S. The van der Waals surface area contributed by atoms with E-state index in [9.17, 15) is 22.0 Å². The Balaban J connectivity index is 1.89. The van der Waals surface area contributed by atoms with Crippen molar-refractivity contribution in [2.45, 2.75) is 11.4 Å². The Morgan fingerprint density at radius 2 is 1.59 bits per heavy atom. The number of hydrogen-bond acceptors (Lipinski definition) is 5. The smallest absolute Gasteiger partial charge is 0.339 e. The van der Waals surface area contributed by atoms with Gasteiger partial charge in [0, 0.05) is 25.8 Å². The van der Waals surface area contributed by atoms with Crippen LogP contribution in [-0.2, 0) is 21.4 Å². The average Bonchev–Trinajstić information content (AvgIpc) is 2.77. The van der Waals surface area contributed by atoms with Crippen molar-refractivity contribution in [3.8, 4) is 5.75 Å². The Morgan fingerprint density at radius 3 is 2.28 bits per heavy atom. The Bertz CT molecular complexity index is 1180. The number of nitrogens with zero attached hydrogens (tertiary/aromatic N) is 1. The number of carbonyl (C=O) groups is 1. The number of amides is 1. The predicted molar refractivity (Wildman–Crippen MR) is 114 cm³/mol. The van der Waals surface area contributed by atoms with Gasteiger partial charge >= 0.3 is 10.1 Å². The van der Waals surface area contributed by atoms with E-state index in [1.165, 1.54) is 36.3 Å². The van der Waals surface area contributed by atoms with E-state index in [1.54, 1.807) is 24.3 Å². The normalized spacial score (nSPS) is 11.2. The molecule has 0 atom stereocenters. The second-order valence-electron chi connectivity index (χ2n) is 6.80. The van der Waals surface area contributed by atoms with Crippen LogP contribution in [0.2, 0.25) is 0 Å². The standard InChI is InChI=1S/C23H21F2NO5S/c1-30-15-14-26(23(27)20-7-3-4-8-21(20)25)16-17-6-2-5-9-22(17)31-32(28,29)19-12-10-18(24)11-13-19/h2-13H,14-16H2,1H3. The predicted octanol–water partition coefficient (Wildman–Crippen LogP) is 4.02. The second kappa shape index (κ2) is 10.3. The zero-order valence-corrected chi connectivity index (χ0v) is 18.0. The number of hydrogen-bond donors (Lipinski definition) is 0. The van der Waals surface area contributed by atoms with Crippen molar-refractivity contribution in [2.24, 2.45) is 0 Å². The van der Waals surface area contributed by atoms with Crippen LogP contribution in [0.25, 0.3) is 0 Å². The quantitative estimate of drug-likeness (QED) is 0.450. The highest BCUT2D eigenvalue weighted by Crippen LogP contribution is 2.25. The molecule has 0 fully saturated rings. The molecule has 0 aliphatic carbocycles. The fourth-order valence-corrected chi connectivity index (χ4v) is 3.91. The molecule has 3 aromatic carbocycles.